The van der Waals surface area contributed by atoms with Gasteiger partial charge in [-0.1, -0.05) is 6.07 Å². The molecular formula is C18H20F6N2O6. The van der Waals surface area contributed by atoms with Crippen molar-refractivity contribution in [2.45, 2.75) is 43.6 Å². The number of aliphatic hydroxyl groups is 2. The molecular weight excluding hydrogens is 454 g/mol. The molecule has 0 spiro atoms. The average Bonchev–Trinajstić information content (AvgIpc) is 2.66. The number of ether oxygens (including phenoxy) is 2. The van der Waals surface area contributed by atoms with Gasteiger partial charge in [0.15, 0.2) is 0 Å². The van der Waals surface area contributed by atoms with Gasteiger partial charge < -0.3 is 19.7 Å². The molecule has 14 heteroatoms. The summed E-state index contributed by atoms with van der Waals surface area (Å²) in [7, 11) is 0. The van der Waals surface area contributed by atoms with E-state index in [9.17, 15) is 46.1 Å². The molecule has 5 atom stereocenters. The van der Waals surface area contributed by atoms with Crippen molar-refractivity contribution in [1.29, 1.82) is 0 Å². The summed E-state index contributed by atoms with van der Waals surface area (Å²) in [6, 6.07) is 2.12. The Kier molecular flexibility index (Phi) is 7.12. The van der Waals surface area contributed by atoms with Crippen molar-refractivity contribution in [2.75, 3.05) is 13.2 Å². The molecule has 1 aromatic heterocycles. The molecule has 1 saturated heterocycles. The lowest BCUT2D eigenvalue weighted by Gasteiger charge is -2.54. The second kappa shape index (κ2) is 8.83. The smallest absolute Gasteiger partial charge is 0.432 e. The highest BCUT2D eigenvalue weighted by atomic mass is 19.4. The van der Waals surface area contributed by atoms with Gasteiger partial charge in [0, 0.05) is 18.3 Å². The predicted molar refractivity (Wildman–Crippen MR) is 92.4 cm³/mol. The largest absolute Gasteiger partial charge is 0.466 e. The SMILES string of the molecule is CCOC(=O)[C@@H]1C(c2cccnc2)[C@H](C(=O)OCC)[C@@](O)(C(F)(F)F)N[C@@]1(O)C(F)(F)F. The second-order valence-electron chi connectivity index (χ2n) is 6.92. The van der Waals surface area contributed by atoms with E-state index in [1.54, 1.807) is 0 Å². The van der Waals surface area contributed by atoms with Gasteiger partial charge in [-0.3, -0.25) is 14.6 Å². The molecule has 0 amide bonds. The molecule has 0 aromatic carbocycles. The lowest BCUT2D eigenvalue weighted by molar-refractivity contribution is -0.376. The van der Waals surface area contributed by atoms with Crippen LogP contribution in [-0.4, -0.2) is 64.2 Å². The first-order valence-electron chi connectivity index (χ1n) is 9.26. The van der Waals surface area contributed by atoms with Crippen LogP contribution >= 0.6 is 0 Å². The van der Waals surface area contributed by atoms with E-state index in [2.05, 4.69) is 14.5 Å². The minimum absolute atomic E-state index is 0.476. The van der Waals surface area contributed by atoms with E-state index < -0.39 is 72.3 Å². The Morgan fingerprint density at radius 2 is 1.44 bits per heavy atom. The van der Waals surface area contributed by atoms with E-state index in [1.165, 1.54) is 13.8 Å². The number of carbonyl (C=O) groups excluding carboxylic acids is 2. The van der Waals surface area contributed by atoms with E-state index in [1.807, 2.05) is 0 Å². The molecule has 1 unspecified atom stereocenters. The zero-order valence-electron chi connectivity index (χ0n) is 16.7. The minimum Gasteiger partial charge on any atom is -0.466 e. The topological polar surface area (TPSA) is 118 Å². The molecule has 1 fully saturated rings. The lowest BCUT2D eigenvalue weighted by atomic mass is 9.64. The van der Waals surface area contributed by atoms with Crippen molar-refractivity contribution in [3.63, 3.8) is 0 Å². The van der Waals surface area contributed by atoms with Gasteiger partial charge in [-0.05, 0) is 25.5 Å². The van der Waals surface area contributed by atoms with Crippen LogP contribution in [-0.2, 0) is 19.1 Å². The predicted octanol–water partition coefficient (Wildman–Crippen LogP) is 1.63. The first-order chi connectivity index (χ1) is 14.7. The molecule has 0 radical (unpaired) electrons. The van der Waals surface area contributed by atoms with Crippen LogP contribution in [0.1, 0.15) is 25.3 Å². The first kappa shape index (κ1) is 25.8. The molecule has 2 heterocycles. The number of alkyl halides is 6. The van der Waals surface area contributed by atoms with Gasteiger partial charge in [0.25, 0.3) is 0 Å². The number of carbonyl (C=O) groups is 2. The van der Waals surface area contributed by atoms with Crippen LogP contribution in [0.2, 0.25) is 0 Å². The van der Waals surface area contributed by atoms with Gasteiger partial charge in [0.2, 0.25) is 11.4 Å². The Bertz CT molecular complexity index is 787. The van der Waals surface area contributed by atoms with Crippen molar-refractivity contribution in [2.24, 2.45) is 11.8 Å². The normalized spacial score (nSPS) is 31.1. The highest BCUT2D eigenvalue weighted by molar-refractivity contribution is 5.81. The zero-order chi connectivity index (χ0) is 24.5. The summed E-state index contributed by atoms with van der Waals surface area (Å²) in [5.41, 5.74) is -9.77. The number of piperidine rings is 1. The highest BCUT2D eigenvalue weighted by Gasteiger charge is 2.78. The maximum absolute atomic E-state index is 13.9. The van der Waals surface area contributed by atoms with E-state index in [0.29, 0.717) is 5.32 Å². The van der Waals surface area contributed by atoms with Crippen LogP contribution < -0.4 is 5.32 Å². The molecule has 180 valence electrons. The number of nitrogens with one attached hydrogen (secondary N) is 1. The van der Waals surface area contributed by atoms with Gasteiger partial charge in [-0.25, -0.2) is 5.32 Å². The summed E-state index contributed by atoms with van der Waals surface area (Å²) >= 11 is 0. The fraction of sp³-hybridized carbons (Fsp3) is 0.611. The van der Waals surface area contributed by atoms with E-state index in [4.69, 9.17) is 0 Å². The molecule has 32 heavy (non-hydrogen) atoms. The molecule has 0 aliphatic carbocycles. The Morgan fingerprint density at radius 1 is 1.00 bits per heavy atom. The van der Waals surface area contributed by atoms with Gasteiger partial charge in [0.1, 0.15) is 11.8 Å². The fourth-order valence-corrected chi connectivity index (χ4v) is 3.71. The third-order valence-electron chi connectivity index (χ3n) is 5.01. The number of pyridine rings is 1. The highest BCUT2D eigenvalue weighted by Crippen LogP contribution is 2.55. The number of rotatable bonds is 5. The number of aromatic nitrogens is 1. The lowest BCUT2D eigenvalue weighted by Crippen LogP contribution is -2.81. The Hall–Kier alpha value is -2.45. The van der Waals surface area contributed by atoms with Crippen LogP contribution in [0.4, 0.5) is 26.3 Å². The molecule has 3 N–H and O–H groups in total. The van der Waals surface area contributed by atoms with Crippen LogP contribution in [0.15, 0.2) is 24.5 Å². The maximum atomic E-state index is 13.9. The van der Waals surface area contributed by atoms with Crippen LogP contribution in [0, 0.1) is 11.8 Å². The molecule has 1 aliphatic rings. The Balaban J connectivity index is 2.93. The maximum Gasteiger partial charge on any atom is 0.432 e. The Labute approximate surface area is 177 Å². The molecule has 1 aliphatic heterocycles. The zero-order valence-corrected chi connectivity index (χ0v) is 16.7. The third kappa shape index (κ3) is 4.26. The third-order valence-corrected chi connectivity index (χ3v) is 5.01. The van der Waals surface area contributed by atoms with E-state index in [0.717, 1.165) is 24.5 Å². The van der Waals surface area contributed by atoms with Gasteiger partial charge in [-0.15, -0.1) is 0 Å². The quantitative estimate of drug-likeness (QED) is 0.436. The fourth-order valence-electron chi connectivity index (χ4n) is 3.71. The van der Waals surface area contributed by atoms with Crippen LogP contribution in [0.3, 0.4) is 0 Å². The van der Waals surface area contributed by atoms with Crippen molar-refractivity contribution in [3.05, 3.63) is 30.1 Å². The molecule has 8 nitrogen and oxygen atoms in total. The monoisotopic (exact) mass is 474 g/mol. The van der Waals surface area contributed by atoms with E-state index >= 15 is 0 Å². The van der Waals surface area contributed by atoms with Crippen molar-refractivity contribution >= 4 is 11.9 Å². The molecule has 0 saturated carbocycles. The van der Waals surface area contributed by atoms with Gasteiger partial charge in [-0.2, -0.15) is 26.3 Å². The number of halogens is 6. The summed E-state index contributed by atoms with van der Waals surface area (Å²) in [6.07, 6.45) is -9.91. The summed E-state index contributed by atoms with van der Waals surface area (Å²) < 4.78 is 92.8. The molecule has 2 rings (SSSR count). The van der Waals surface area contributed by atoms with Crippen LogP contribution in [0.25, 0.3) is 0 Å². The standard InChI is InChI=1S/C18H20F6N2O6/c1-3-31-13(27)11-10(9-6-5-7-25-8-9)12(14(28)32-4-2)16(30,18(22,23)24)26-15(11,29)17(19,20)21/h5-8,10-12,26,29-30H,3-4H2,1-2H3/t10?,11-,12+,15-,16+. The van der Waals surface area contributed by atoms with E-state index in [-0.39, 0.29) is 0 Å². The summed E-state index contributed by atoms with van der Waals surface area (Å²) in [5, 5.41) is 21.6. The molecule has 0 bridgehead atoms. The number of esters is 2. The van der Waals surface area contributed by atoms with Crippen molar-refractivity contribution in [1.82, 2.24) is 10.3 Å². The van der Waals surface area contributed by atoms with Crippen molar-refractivity contribution < 1.29 is 55.6 Å². The number of hydrogen-bond donors (Lipinski definition) is 3. The van der Waals surface area contributed by atoms with Gasteiger partial charge >= 0.3 is 24.3 Å². The average molecular weight is 474 g/mol. The summed E-state index contributed by atoms with van der Waals surface area (Å²) in [6.45, 7) is 1.46. The summed E-state index contributed by atoms with van der Waals surface area (Å²) in [4.78, 5) is 28.8. The van der Waals surface area contributed by atoms with Crippen LogP contribution in [0.5, 0.6) is 0 Å². The molecule has 1 aromatic rings. The second-order valence-corrected chi connectivity index (χ2v) is 6.92. The minimum atomic E-state index is -5.93. The first-order valence-corrected chi connectivity index (χ1v) is 9.26. The van der Waals surface area contributed by atoms with Crippen molar-refractivity contribution in [3.8, 4) is 0 Å². The summed E-state index contributed by atoms with van der Waals surface area (Å²) in [5.74, 6) is -11.6. The number of nitrogens with zero attached hydrogens (tertiary/aromatic N) is 1. The number of hydrogen-bond acceptors (Lipinski definition) is 8. The van der Waals surface area contributed by atoms with Gasteiger partial charge in [0.05, 0.1) is 13.2 Å². The Morgan fingerprint density at radius 3 is 1.75 bits per heavy atom.